The van der Waals surface area contributed by atoms with E-state index in [4.69, 9.17) is 0 Å². The van der Waals surface area contributed by atoms with Crippen molar-refractivity contribution in [3.05, 3.63) is 63.7 Å². The number of nitrogens with zero attached hydrogens (tertiary/aromatic N) is 1. The predicted octanol–water partition coefficient (Wildman–Crippen LogP) is 2.35. The van der Waals surface area contributed by atoms with Gasteiger partial charge in [0.1, 0.15) is 0 Å². The number of benzene rings is 2. The summed E-state index contributed by atoms with van der Waals surface area (Å²) in [5.74, 6) is 0. The first-order chi connectivity index (χ1) is 11.9. The van der Waals surface area contributed by atoms with E-state index in [1.807, 2.05) is 0 Å². The van der Waals surface area contributed by atoms with Crippen LogP contribution in [0.1, 0.15) is 24.1 Å². The van der Waals surface area contributed by atoms with Crippen LogP contribution in [-0.4, -0.2) is 28.0 Å². The normalized spacial score (nSPS) is 13.3. The molecule has 0 bridgehead atoms. The molecule has 0 fully saturated rings. The summed E-state index contributed by atoms with van der Waals surface area (Å²) in [7, 11) is -7.33. The molecule has 0 spiro atoms. The Balaban J connectivity index is 2.29. The second-order valence-corrected chi connectivity index (χ2v) is 9.62. The average molecular weight is 398 g/mol. The highest BCUT2D eigenvalue weighted by Gasteiger charge is 2.22. The Hall–Kier alpha value is -2.30. The molecule has 0 unspecified atom stereocenters. The first-order valence-corrected chi connectivity index (χ1v) is 10.9. The highest BCUT2D eigenvalue weighted by molar-refractivity contribution is 7.90. The van der Waals surface area contributed by atoms with Crippen molar-refractivity contribution in [3.63, 3.8) is 0 Å². The van der Waals surface area contributed by atoms with Crippen molar-refractivity contribution in [3.8, 4) is 0 Å². The zero-order valence-corrected chi connectivity index (χ0v) is 16.0. The molecule has 0 amide bonds. The Kier molecular flexibility index (Phi) is 5.49. The maximum Gasteiger partial charge on any atom is 0.273 e. The summed E-state index contributed by atoms with van der Waals surface area (Å²) in [4.78, 5) is 10.3. The molecule has 140 valence electrons. The lowest BCUT2D eigenvalue weighted by molar-refractivity contribution is -0.385. The Morgan fingerprint density at radius 3 is 2.04 bits per heavy atom. The van der Waals surface area contributed by atoms with Crippen molar-refractivity contribution in [1.82, 2.24) is 4.72 Å². The van der Waals surface area contributed by atoms with Gasteiger partial charge in [-0.1, -0.05) is 18.2 Å². The standard InChI is InChI=1S/C16H18N2O6S2/c1-11-4-7-15(10-16(11)18(19)20)26(23,24)17-12(2)13-5-8-14(9-6-13)25(3,21)22/h4-10,12,17H,1-3H3/t12-/m0/s1. The van der Waals surface area contributed by atoms with Gasteiger partial charge in [0.2, 0.25) is 10.0 Å². The fourth-order valence-electron chi connectivity index (χ4n) is 2.33. The Bertz CT molecular complexity index is 1040. The molecule has 0 saturated heterocycles. The van der Waals surface area contributed by atoms with Crippen molar-refractivity contribution >= 4 is 25.5 Å². The molecule has 0 heterocycles. The van der Waals surface area contributed by atoms with Gasteiger partial charge in [-0.15, -0.1) is 0 Å². The molecular weight excluding hydrogens is 380 g/mol. The Morgan fingerprint density at radius 1 is 1.00 bits per heavy atom. The maximum atomic E-state index is 12.5. The van der Waals surface area contributed by atoms with Crippen LogP contribution in [0.5, 0.6) is 0 Å². The van der Waals surface area contributed by atoms with E-state index in [9.17, 15) is 26.9 Å². The van der Waals surface area contributed by atoms with Crippen LogP contribution in [0.25, 0.3) is 0 Å². The summed E-state index contributed by atoms with van der Waals surface area (Å²) < 4.78 is 50.4. The van der Waals surface area contributed by atoms with Gasteiger partial charge in [0.15, 0.2) is 9.84 Å². The Labute approximate surface area is 152 Å². The molecule has 1 N–H and O–H groups in total. The smallest absolute Gasteiger partial charge is 0.258 e. The van der Waals surface area contributed by atoms with Crippen molar-refractivity contribution in [2.75, 3.05) is 6.26 Å². The number of nitro groups is 1. The number of nitro benzene ring substituents is 1. The molecule has 2 rings (SSSR count). The minimum absolute atomic E-state index is 0.130. The van der Waals surface area contributed by atoms with Gasteiger partial charge in [-0.3, -0.25) is 10.1 Å². The third-order valence-corrected chi connectivity index (χ3v) is 6.49. The number of aryl methyl sites for hydroxylation is 1. The monoisotopic (exact) mass is 398 g/mol. The SMILES string of the molecule is Cc1ccc(S(=O)(=O)N[C@@H](C)c2ccc(S(C)(=O)=O)cc2)cc1[N+](=O)[O-]. The molecule has 2 aromatic carbocycles. The van der Waals surface area contributed by atoms with Gasteiger partial charge >= 0.3 is 0 Å². The zero-order chi connectivity index (χ0) is 19.7. The zero-order valence-electron chi connectivity index (χ0n) is 14.3. The Morgan fingerprint density at radius 2 is 1.54 bits per heavy atom. The van der Waals surface area contributed by atoms with Crippen LogP contribution in [-0.2, 0) is 19.9 Å². The summed E-state index contributed by atoms with van der Waals surface area (Å²) in [5.41, 5.74) is 0.638. The topological polar surface area (TPSA) is 123 Å². The van der Waals surface area contributed by atoms with E-state index in [-0.39, 0.29) is 15.5 Å². The van der Waals surface area contributed by atoms with Crippen LogP contribution in [0.3, 0.4) is 0 Å². The minimum atomic E-state index is -3.99. The van der Waals surface area contributed by atoms with Gasteiger partial charge in [0, 0.05) is 23.9 Å². The van der Waals surface area contributed by atoms with Crippen LogP contribution >= 0.6 is 0 Å². The van der Waals surface area contributed by atoms with Crippen LogP contribution in [0, 0.1) is 17.0 Å². The van der Waals surface area contributed by atoms with Gasteiger partial charge in [-0.05, 0) is 37.6 Å². The summed E-state index contributed by atoms with van der Waals surface area (Å²) in [6, 6.07) is 8.84. The molecule has 0 aliphatic rings. The van der Waals surface area contributed by atoms with E-state index in [1.165, 1.54) is 43.3 Å². The number of rotatable bonds is 6. The molecule has 8 nitrogen and oxygen atoms in total. The van der Waals surface area contributed by atoms with E-state index in [0.29, 0.717) is 11.1 Å². The summed E-state index contributed by atoms with van der Waals surface area (Å²) in [5, 5.41) is 11.0. The second-order valence-electron chi connectivity index (χ2n) is 5.89. The first kappa shape index (κ1) is 20.0. The van der Waals surface area contributed by atoms with Crippen molar-refractivity contribution < 1.29 is 21.8 Å². The first-order valence-electron chi connectivity index (χ1n) is 7.49. The van der Waals surface area contributed by atoms with Crippen LogP contribution in [0.4, 0.5) is 5.69 Å². The number of nitrogens with one attached hydrogen (secondary N) is 1. The molecule has 2 aromatic rings. The van der Waals surface area contributed by atoms with Gasteiger partial charge in [0.25, 0.3) is 5.69 Å². The molecule has 26 heavy (non-hydrogen) atoms. The highest BCUT2D eigenvalue weighted by atomic mass is 32.2. The van der Waals surface area contributed by atoms with Crippen molar-refractivity contribution in [2.24, 2.45) is 0 Å². The number of sulfonamides is 1. The average Bonchev–Trinajstić information content (AvgIpc) is 2.53. The van der Waals surface area contributed by atoms with Crippen LogP contribution in [0.2, 0.25) is 0 Å². The minimum Gasteiger partial charge on any atom is -0.258 e. The molecule has 0 saturated carbocycles. The molecule has 10 heteroatoms. The van der Waals surface area contributed by atoms with E-state index >= 15 is 0 Å². The fraction of sp³-hybridized carbons (Fsp3) is 0.250. The van der Waals surface area contributed by atoms with Gasteiger partial charge < -0.3 is 0 Å². The summed E-state index contributed by atoms with van der Waals surface area (Å²) in [6.07, 6.45) is 1.08. The molecule has 0 aliphatic heterocycles. The number of hydrogen-bond acceptors (Lipinski definition) is 6. The van der Waals surface area contributed by atoms with E-state index < -0.39 is 30.8 Å². The lowest BCUT2D eigenvalue weighted by Gasteiger charge is -2.15. The summed E-state index contributed by atoms with van der Waals surface area (Å²) >= 11 is 0. The van der Waals surface area contributed by atoms with Crippen LogP contribution < -0.4 is 4.72 Å². The van der Waals surface area contributed by atoms with Gasteiger partial charge in [-0.2, -0.15) is 0 Å². The summed E-state index contributed by atoms with van der Waals surface area (Å²) in [6.45, 7) is 3.11. The lowest BCUT2D eigenvalue weighted by Crippen LogP contribution is -2.27. The maximum absolute atomic E-state index is 12.5. The molecular formula is C16H18N2O6S2. The van der Waals surface area contributed by atoms with Crippen molar-refractivity contribution in [1.29, 1.82) is 0 Å². The number of sulfone groups is 1. The number of hydrogen-bond donors (Lipinski definition) is 1. The highest BCUT2D eigenvalue weighted by Crippen LogP contribution is 2.24. The largest absolute Gasteiger partial charge is 0.273 e. The molecule has 0 aromatic heterocycles. The van der Waals surface area contributed by atoms with Crippen molar-refractivity contribution in [2.45, 2.75) is 29.7 Å². The third-order valence-electron chi connectivity index (χ3n) is 3.83. The quantitative estimate of drug-likeness (QED) is 0.588. The lowest BCUT2D eigenvalue weighted by atomic mass is 10.1. The van der Waals surface area contributed by atoms with E-state index in [2.05, 4.69) is 4.72 Å². The van der Waals surface area contributed by atoms with Gasteiger partial charge in [0.05, 0.1) is 14.7 Å². The van der Waals surface area contributed by atoms with Crippen LogP contribution in [0.15, 0.2) is 52.3 Å². The van der Waals surface area contributed by atoms with Gasteiger partial charge in [-0.25, -0.2) is 21.6 Å². The predicted molar refractivity (Wildman–Crippen MR) is 96.1 cm³/mol. The third kappa shape index (κ3) is 4.45. The molecule has 1 atom stereocenters. The van der Waals surface area contributed by atoms with E-state index in [0.717, 1.165) is 12.3 Å². The molecule has 0 radical (unpaired) electrons. The fourth-order valence-corrected chi connectivity index (χ4v) is 4.21. The molecule has 0 aliphatic carbocycles. The second kappa shape index (κ2) is 7.14. The van der Waals surface area contributed by atoms with E-state index in [1.54, 1.807) is 6.92 Å².